The molecule has 0 bridgehead atoms. The maximum Gasteiger partial charge on any atom is 0.416 e. The van der Waals surface area contributed by atoms with Gasteiger partial charge in [0.15, 0.2) is 0 Å². The molecule has 4 nitrogen and oxygen atoms in total. The average molecular weight is 308 g/mol. The lowest BCUT2D eigenvalue weighted by molar-refractivity contribution is -0.384. The summed E-state index contributed by atoms with van der Waals surface area (Å²) in [5, 5.41) is 11.1. The highest BCUT2D eigenvalue weighted by Crippen LogP contribution is 2.42. The maximum atomic E-state index is 12.9. The highest BCUT2D eigenvalue weighted by molar-refractivity contribution is 5.76. The first-order valence-electron chi connectivity index (χ1n) is 6.59. The van der Waals surface area contributed by atoms with Crippen molar-refractivity contribution in [2.45, 2.75) is 12.6 Å². The second-order valence-electron chi connectivity index (χ2n) is 4.99. The molecule has 1 aliphatic rings. The van der Waals surface area contributed by atoms with E-state index in [1.165, 1.54) is 0 Å². The van der Waals surface area contributed by atoms with E-state index in [0.29, 0.717) is 18.7 Å². The van der Waals surface area contributed by atoms with Crippen molar-refractivity contribution < 1.29 is 18.1 Å². The Morgan fingerprint density at radius 1 is 1.09 bits per heavy atom. The van der Waals surface area contributed by atoms with E-state index in [-0.39, 0.29) is 11.4 Å². The molecule has 1 aliphatic heterocycles. The van der Waals surface area contributed by atoms with E-state index >= 15 is 0 Å². The molecule has 0 radical (unpaired) electrons. The molecule has 7 heteroatoms. The summed E-state index contributed by atoms with van der Waals surface area (Å²) in [4.78, 5) is 12.1. The number of para-hydroxylation sites is 1. The molecule has 114 valence electrons. The number of rotatable bonds is 2. The molecular weight excluding hydrogens is 297 g/mol. The van der Waals surface area contributed by atoms with Crippen LogP contribution in [0.5, 0.6) is 0 Å². The van der Waals surface area contributed by atoms with Crippen LogP contribution in [-0.2, 0) is 12.6 Å². The maximum absolute atomic E-state index is 12.9. The summed E-state index contributed by atoms with van der Waals surface area (Å²) in [5.41, 5.74) is 0.436. The first kappa shape index (κ1) is 14.4. The predicted molar refractivity (Wildman–Crippen MR) is 75.3 cm³/mol. The van der Waals surface area contributed by atoms with Gasteiger partial charge in [0, 0.05) is 18.3 Å². The molecule has 0 aromatic heterocycles. The van der Waals surface area contributed by atoms with Crippen LogP contribution >= 0.6 is 0 Å². The van der Waals surface area contributed by atoms with Gasteiger partial charge >= 0.3 is 6.18 Å². The number of hydrogen-bond donors (Lipinski definition) is 0. The second kappa shape index (κ2) is 5.01. The number of benzene rings is 2. The van der Waals surface area contributed by atoms with Crippen molar-refractivity contribution >= 4 is 17.1 Å². The van der Waals surface area contributed by atoms with E-state index in [2.05, 4.69) is 0 Å². The summed E-state index contributed by atoms with van der Waals surface area (Å²) in [6.07, 6.45) is -3.90. The molecule has 0 aliphatic carbocycles. The Morgan fingerprint density at radius 3 is 2.50 bits per heavy atom. The third-order valence-corrected chi connectivity index (χ3v) is 3.68. The zero-order valence-electron chi connectivity index (χ0n) is 11.3. The number of halogens is 3. The molecule has 22 heavy (non-hydrogen) atoms. The SMILES string of the molecule is O=[N+]([O-])c1ccc(C(F)(F)F)cc1N1CCc2ccccc21. The first-order chi connectivity index (χ1) is 10.4. The largest absolute Gasteiger partial charge is 0.416 e. The summed E-state index contributed by atoms with van der Waals surface area (Å²) in [5.74, 6) is 0. The van der Waals surface area contributed by atoms with Crippen LogP contribution in [0.2, 0.25) is 0 Å². The Kier molecular flexibility index (Phi) is 3.27. The fraction of sp³-hybridized carbons (Fsp3) is 0.200. The number of fused-ring (bicyclic) bond motifs is 1. The molecule has 0 unspecified atom stereocenters. The lowest BCUT2D eigenvalue weighted by atomic mass is 10.1. The summed E-state index contributed by atoms with van der Waals surface area (Å²) < 4.78 is 38.7. The Morgan fingerprint density at radius 2 is 1.82 bits per heavy atom. The van der Waals surface area contributed by atoms with Crippen LogP contribution in [0.4, 0.5) is 30.2 Å². The Hall–Kier alpha value is -2.57. The summed E-state index contributed by atoms with van der Waals surface area (Å²) in [7, 11) is 0. The third kappa shape index (κ3) is 2.38. The Bertz CT molecular complexity index is 744. The van der Waals surface area contributed by atoms with Crippen molar-refractivity contribution in [1.29, 1.82) is 0 Å². The van der Waals surface area contributed by atoms with Gasteiger partial charge < -0.3 is 4.90 Å². The molecule has 0 amide bonds. The fourth-order valence-electron chi connectivity index (χ4n) is 2.66. The van der Waals surface area contributed by atoms with E-state index < -0.39 is 16.7 Å². The molecule has 0 fully saturated rings. The van der Waals surface area contributed by atoms with Gasteiger partial charge in [0.1, 0.15) is 5.69 Å². The molecule has 0 saturated heterocycles. The molecule has 0 saturated carbocycles. The zero-order valence-corrected chi connectivity index (χ0v) is 11.3. The predicted octanol–water partition coefficient (Wildman–Crippen LogP) is 4.31. The van der Waals surface area contributed by atoms with Gasteiger partial charge in [0.2, 0.25) is 0 Å². The van der Waals surface area contributed by atoms with E-state index in [9.17, 15) is 23.3 Å². The molecule has 2 aromatic carbocycles. The summed E-state index contributed by atoms with van der Waals surface area (Å²) in [6.45, 7) is 0.418. The van der Waals surface area contributed by atoms with Gasteiger partial charge in [-0.25, -0.2) is 0 Å². The van der Waals surface area contributed by atoms with E-state index in [1.54, 1.807) is 17.0 Å². The van der Waals surface area contributed by atoms with Crippen LogP contribution in [-0.4, -0.2) is 11.5 Å². The number of nitrogens with zero attached hydrogens (tertiary/aromatic N) is 2. The number of nitro groups is 1. The van der Waals surface area contributed by atoms with E-state index in [1.807, 2.05) is 12.1 Å². The van der Waals surface area contributed by atoms with Gasteiger partial charge in [-0.1, -0.05) is 18.2 Å². The van der Waals surface area contributed by atoms with Gasteiger partial charge in [0.25, 0.3) is 5.69 Å². The fourth-order valence-corrected chi connectivity index (χ4v) is 2.66. The van der Waals surface area contributed by atoms with Gasteiger partial charge in [-0.3, -0.25) is 10.1 Å². The van der Waals surface area contributed by atoms with Crippen LogP contribution in [0.25, 0.3) is 0 Å². The van der Waals surface area contributed by atoms with Crippen molar-refractivity contribution in [1.82, 2.24) is 0 Å². The third-order valence-electron chi connectivity index (χ3n) is 3.68. The topological polar surface area (TPSA) is 46.4 Å². The van der Waals surface area contributed by atoms with E-state index in [4.69, 9.17) is 0 Å². The smallest absolute Gasteiger partial charge is 0.335 e. The molecular formula is C15H11F3N2O2. The number of nitro benzene ring substituents is 1. The highest BCUT2D eigenvalue weighted by atomic mass is 19.4. The molecule has 0 spiro atoms. The normalized spacial score (nSPS) is 14.0. The van der Waals surface area contributed by atoms with Crippen LogP contribution < -0.4 is 4.90 Å². The quantitative estimate of drug-likeness (QED) is 0.613. The lowest BCUT2D eigenvalue weighted by Crippen LogP contribution is -2.16. The molecule has 0 N–H and O–H groups in total. The highest BCUT2D eigenvalue weighted by Gasteiger charge is 2.34. The minimum Gasteiger partial charge on any atom is -0.335 e. The summed E-state index contributed by atoms with van der Waals surface area (Å²) >= 11 is 0. The number of hydrogen-bond acceptors (Lipinski definition) is 3. The molecule has 1 heterocycles. The van der Waals surface area contributed by atoms with Crippen molar-refractivity contribution in [2.75, 3.05) is 11.4 Å². The van der Waals surface area contributed by atoms with Crippen LogP contribution in [0.1, 0.15) is 11.1 Å². The molecule has 2 aromatic rings. The minimum atomic E-state index is -4.54. The lowest BCUT2D eigenvalue weighted by Gasteiger charge is -2.20. The monoisotopic (exact) mass is 308 g/mol. The van der Waals surface area contributed by atoms with Crippen molar-refractivity contribution in [3.8, 4) is 0 Å². The van der Waals surface area contributed by atoms with Crippen LogP contribution in [0.15, 0.2) is 42.5 Å². The minimum absolute atomic E-state index is 0.0234. The van der Waals surface area contributed by atoms with Crippen molar-refractivity contribution in [2.24, 2.45) is 0 Å². The van der Waals surface area contributed by atoms with Gasteiger partial charge in [-0.05, 0) is 30.2 Å². The molecule has 3 rings (SSSR count). The first-order valence-corrected chi connectivity index (χ1v) is 6.59. The second-order valence-corrected chi connectivity index (χ2v) is 4.99. The van der Waals surface area contributed by atoms with Gasteiger partial charge in [-0.15, -0.1) is 0 Å². The Labute approximate surface area is 123 Å². The zero-order chi connectivity index (χ0) is 15.9. The Balaban J connectivity index is 2.15. The number of alkyl halides is 3. The van der Waals surface area contributed by atoms with E-state index in [0.717, 1.165) is 23.8 Å². The van der Waals surface area contributed by atoms with Gasteiger partial charge in [0.05, 0.1) is 10.5 Å². The van der Waals surface area contributed by atoms with Crippen molar-refractivity contribution in [3.05, 3.63) is 63.7 Å². The average Bonchev–Trinajstić information content (AvgIpc) is 2.89. The standard InChI is InChI=1S/C15H11F3N2O2/c16-15(17,18)11-5-6-13(20(21)22)14(9-11)19-8-7-10-3-1-2-4-12(10)19/h1-6,9H,7-8H2. The number of anilines is 2. The van der Waals surface area contributed by atoms with Crippen LogP contribution in [0, 0.1) is 10.1 Å². The summed E-state index contributed by atoms with van der Waals surface area (Å²) in [6, 6.07) is 9.73. The van der Waals surface area contributed by atoms with Crippen molar-refractivity contribution in [3.63, 3.8) is 0 Å². The van der Waals surface area contributed by atoms with Gasteiger partial charge in [-0.2, -0.15) is 13.2 Å². The van der Waals surface area contributed by atoms with Crippen LogP contribution in [0.3, 0.4) is 0 Å². The molecule has 0 atom stereocenters.